The smallest absolute Gasteiger partial charge is 0.161 e. The van der Waals surface area contributed by atoms with Crippen LogP contribution in [0.1, 0.15) is 37.7 Å². The Morgan fingerprint density at radius 1 is 1.19 bits per heavy atom. The first-order valence-electron chi connectivity index (χ1n) is 7.93. The Bertz CT molecular complexity index is 492. The quantitative estimate of drug-likeness (QED) is 0.925. The highest BCUT2D eigenvalue weighted by molar-refractivity contribution is 5.45. The fourth-order valence-electron chi connectivity index (χ4n) is 3.20. The highest BCUT2D eigenvalue weighted by atomic mass is 16.5. The zero-order valence-corrected chi connectivity index (χ0v) is 13.1. The van der Waals surface area contributed by atoms with Gasteiger partial charge in [-0.15, -0.1) is 0 Å². The molecule has 0 bridgehead atoms. The van der Waals surface area contributed by atoms with Crippen molar-refractivity contribution in [3.8, 4) is 11.5 Å². The molecule has 1 saturated carbocycles. The van der Waals surface area contributed by atoms with Gasteiger partial charge in [0.25, 0.3) is 0 Å². The van der Waals surface area contributed by atoms with Crippen molar-refractivity contribution >= 4 is 0 Å². The van der Waals surface area contributed by atoms with Crippen LogP contribution in [0.2, 0.25) is 0 Å². The fraction of sp³-hybridized carbons (Fsp3) is 0.647. The minimum atomic E-state index is -0.153. The maximum Gasteiger partial charge on any atom is 0.161 e. The number of rotatable bonds is 4. The summed E-state index contributed by atoms with van der Waals surface area (Å²) in [5, 5.41) is 0. The second kappa shape index (κ2) is 5.85. The molecule has 1 aromatic carbocycles. The third-order valence-electron chi connectivity index (χ3n) is 4.94. The van der Waals surface area contributed by atoms with E-state index >= 15 is 0 Å². The molecule has 2 aliphatic rings. The molecule has 1 aliphatic heterocycles. The van der Waals surface area contributed by atoms with Crippen LogP contribution in [0.3, 0.4) is 0 Å². The third-order valence-corrected chi connectivity index (χ3v) is 4.94. The number of ether oxygens (including phenoxy) is 2. The maximum absolute atomic E-state index is 6.40. The number of nitrogens with zero attached hydrogens (tertiary/aromatic N) is 1. The van der Waals surface area contributed by atoms with Gasteiger partial charge < -0.3 is 20.1 Å². The maximum atomic E-state index is 6.40. The van der Waals surface area contributed by atoms with Gasteiger partial charge in [0.1, 0.15) is 6.10 Å². The van der Waals surface area contributed by atoms with Crippen LogP contribution >= 0.6 is 0 Å². The van der Waals surface area contributed by atoms with Crippen molar-refractivity contribution in [2.75, 3.05) is 27.2 Å². The van der Waals surface area contributed by atoms with E-state index in [1.165, 1.54) is 12.0 Å². The number of likely N-dealkylation sites (tertiary alicyclic amines) is 1. The lowest BCUT2D eigenvalue weighted by Gasteiger charge is -2.39. The van der Waals surface area contributed by atoms with Crippen LogP contribution in [0.25, 0.3) is 0 Å². The first-order chi connectivity index (χ1) is 10.1. The highest BCUT2D eigenvalue weighted by Gasteiger charge is 2.35. The van der Waals surface area contributed by atoms with Crippen molar-refractivity contribution < 1.29 is 9.47 Å². The predicted octanol–water partition coefficient (Wildman–Crippen LogP) is 2.51. The lowest BCUT2D eigenvalue weighted by molar-refractivity contribution is 0.111. The summed E-state index contributed by atoms with van der Waals surface area (Å²) < 4.78 is 11.7. The monoisotopic (exact) mass is 290 g/mol. The lowest BCUT2D eigenvalue weighted by atomic mass is 9.73. The molecule has 0 radical (unpaired) electrons. The molecular weight excluding hydrogens is 264 g/mol. The molecule has 4 nitrogen and oxygen atoms in total. The van der Waals surface area contributed by atoms with Crippen LogP contribution < -0.4 is 15.2 Å². The summed E-state index contributed by atoms with van der Waals surface area (Å²) in [5.41, 5.74) is 7.41. The number of methoxy groups -OCH3 is 1. The fourth-order valence-corrected chi connectivity index (χ4v) is 3.20. The van der Waals surface area contributed by atoms with Crippen LogP contribution in [0.15, 0.2) is 18.2 Å². The molecular formula is C17H26N2O2. The number of hydrogen-bond donors (Lipinski definition) is 1. The molecule has 1 saturated heterocycles. The van der Waals surface area contributed by atoms with Gasteiger partial charge in [-0.25, -0.2) is 0 Å². The van der Waals surface area contributed by atoms with E-state index in [0.29, 0.717) is 0 Å². The molecule has 2 N–H and O–H groups in total. The van der Waals surface area contributed by atoms with Gasteiger partial charge in [0.2, 0.25) is 0 Å². The zero-order chi connectivity index (χ0) is 14.9. The topological polar surface area (TPSA) is 47.7 Å². The van der Waals surface area contributed by atoms with E-state index in [1.807, 2.05) is 6.07 Å². The highest BCUT2D eigenvalue weighted by Crippen LogP contribution is 2.42. The number of nitrogens with two attached hydrogens (primary N) is 1. The van der Waals surface area contributed by atoms with Gasteiger partial charge >= 0.3 is 0 Å². The van der Waals surface area contributed by atoms with Gasteiger partial charge in [-0.3, -0.25) is 0 Å². The van der Waals surface area contributed by atoms with Gasteiger partial charge in [0.15, 0.2) is 11.5 Å². The van der Waals surface area contributed by atoms with Crippen LogP contribution in [0.5, 0.6) is 11.5 Å². The summed E-state index contributed by atoms with van der Waals surface area (Å²) in [6.07, 6.45) is 5.77. The standard InChI is InChI=1S/C17H26N2O2/c1-19-10-6-14(7-11-19)21-15-5-4-13(12-16(15)20-2)17(18)8-3-9-17/h4-5,12,14H,3,6-11,18H2,1-2H3. The molecule has 0 aromatic heterocycles. The first-order valence-corrected chi connectivity index (χ1v) is 7.93. The Morgan fingerprint density at radius 2 is 1.90 bits per heavy atom. The molecule has 4 heteroatoms. The van der Waals surface area contributed by atoms with E-state index in [1.54, 1.807) is 7.11 Å². The normalized spacial score (nSPS) is 22.6. The van der Waals surface area contributed by atoms with Crippen LogP contribution in [0, 0.1) is 0 Å². The van der Waals surface area contributed by atoms with Crippen molar-refractivity contribution in [2.24, 2.45) is 5.73 Å². The van der Waals surface area contributed by atoms with Crippen molar-refractivity contribution in [2.45, 2.75) is 43.7 Å². The Balaban J connectivity index is 1.73. The Kier molecular flexibility index (Phi) is 4.09. The predicted molar refractivity (Wildman–Crippen MR) is 83.9 cm³/mol. The Labute approximate surface area is 127 Å². The number of piperidine rings is 1. The van der Waals surface area contributed by atoms with Crippen molar-refractivity contribution in [3.63, 3.8) is 0 Å². The minimum Gasteiger partial charge on any atom is -0.493 e. The van der Waals surface area contributed by atoms with E-state index in [0.717, 1.165) is 50.3 Å². The molecule has 0 atom stereocenters. The van der Waals surface area contributed by atoms with Gasteiger partial charge in [0.05, 0.1) is 7.11 Å². The summed E-state index contributed by atoms with van der Waals surface area (Å²) in [7, 11) is 3.86. The van der Waals surface area contributed by atoms with Crippen molar-refractivity contribution in [1.29, 1.82) is 0 Å². The summed E-state index contributed by atoms with van der Waals surface area (Å²) in [4.78, 5) is 2.34. The van der Waals surface area contributed by atoms with Crippen LogP contribution in [-0.4, -0.2) is 38.3 Å². The minimum absolute atomic E-state index is 0.153. The second-order valence-corrected chi connectivity index (χ2v) is 6.50. The molecule has 0 amide bonds. The summed E-state index contributed by atoms with van der Waals surface area (Å²) in [6, 6.07) is 6.19. The average molecular weight is 290 g/mol. The lowest BCUT2D eigenvalue weighted by Crippen LogP contribution is -2.43. The number of hydrogen-bond acceptors (Lipinski definition) is 4. The SMILES string of the molecule is COc1cc(C2(N)CCC2)ccc1OC1CCN(C)CC1. The van der Waals surface area contributed by atoms with Gasteiger partial charge in [-0.05, 0) is 56.8 Å². The largest absolute Gasteiger partial charge is 0.493 e. The Morgan fingerprint density at radius 3 is 2.48 bits per heavy atom. The molecule has 0 spiro atoms. The van der Waals surface area contributed by atoms with E-state index in [4.69, 9.17) is 15.2 Å². The molecule has 1 heterocycles. The third kappa shape index (κ3) is 3.01. The van der Waals surface area contributed by atoms with E-state index < -0.39 is 0 Å². The van der Waals surface area contributed by atoms with E-state index in [9.17, 15) is 0 Å². The molecule has 116 valence electrons. The van der Waals surface area contributed by atoms with Crippen LogP contribution in [0.4, 0.5) is 0 Å². The Hall–Kier alpha value is -1.26. The zero-order valence-electron chi connectivity index (χ0n) is 13.1. The molecule has 3 rings (SSSR count). The first kappa shape index (κ1) is 14.7. The molecule has 21 heavy (non-hydrogen) atoms. The summed E-state index contributed by atoms with van der Waals surface area (Å²) in [6.45, 7) is 2.19. The molecule has 1 aliphatic carbocycles. The van der Waals surface area contributed by atoms with Gasteiger partial charge in [-0.1, -0.05) is 6.07 Å². The van der Waals surface area contributed by atoms with Crippen molar-refractivity contribution in [3.05, 3.63) is 23.8 Å². The van der Waals surface area contributed by atoms with Crippen molar-refractivity contribution in [1.82, 2.24) is 4.90 Å². The second-order valence-electron chi connectivity index (χ2n) is 6.50. The molecule has 1 aromatic rings. The molecule has 2 fully saturated rings. The van der Waals surface area contributed by atoms with Crippen LogP contribution in [-0.2, 0) is 5.54 Å². The van der Waals surface area contributed by atoms with Gasteiger partial charge in [-0.2, -0.15) is 0 Å². The molecule has 0 unspecified atom stereocenters. The number of benzene rings is 1. The summed E-state index contributed by atoms with van der Waals surface area (Å²) >= 11 is 0. The summed E-state index contributed by atoms with van der Waals surface area (Å²) in [5.74, 6) is 1.65. The van der Waals surface area contributed by atoms with E-state index in [-0.39, 0.29) is 11.6 Å². The van der Waals surface area contributed by atoms with Gasteiger partial charge in [0, 0.05) is 18.6 Å². The van der Waals surface area contributed by atoms with E-state index in [2.05, 4.69) is 24.1 Å². The average Bonchev–Trinajstić information content (AvgIpc) is 2.47.